The Balaban J connectivity index is 2.38. The van der Waals surface area contributed by atoms with Crippen LogP contribution in [-0.2, 0) is 0 Å². The molecular weight excluding hydrogens is 280 g/mol. The van der Waals surface area contributed by atoms with Gasteiger partial charge in [-0.2, -0.15) is 0 Å². The molecule has 0 fully saturated rings. The summed E-state index contributed by atoms with van der Waals surface area (Å²) in [5.41, 5.74) is 6.28. The lowest BCUT2D eigenvalue weighted by atomic mass is 10.3. The Morgan fingerprint density at radius 2 is 1.53 bits per heavy atom. The van der Waals surface area contributed by atoms with E-state index in [1.165, 1.54) is 0 Å². The topological polar surface area (TPSA) is 35.2 Å². The number of rotatable bonds is 2. The first-order chi connectivity index (χ1) is 8.09. The summed E-state index contributed by atoms with van der Waals surface area (Å²) in [7, 11) is 0. The second-order valence-electron chi connectivity index (χ2n) is 3.31. The first kappa shape index (κ1) is 12.4. The second-order valence-corrected chi connectivity index (χ2v) is 4.48. The molecule has 2 rings (SSSR count). The van der Waals surface area contributed by atoms with Gasteiger partial charge in [0.2, 0.25) is 0 Å². The zero-order valence-corrected chi connectivity index (χ0v) is 10.9. The van der Waals surface area contributed by atoms with Crippen molar-refractivity contribution in [2.24, 2.45) is 0 Å². The smallest absolute Gasteiger partial charge is 0.150 e. The van der Waals surface area contributed by atoms with Gasteiger partial charge in [0.1, 0.15) is 16.5 Å². The molecule has 0 aliphatic heterocycles. The highest BCUT2D eigenvalue weighted by atomic mass is 35.5. The summed E-state index contributed by atoms with van der Waals surface area (Å²) >= 11 is 17.8. The highest BCUT2D eigenvalue weighted by Gasteiger charge is 2.11. The molecule has 0 aromatic heterocycles. The van der Waals surface area contributed by atoms with E-state index in [1.807, 2.05) is 12.1 Å². The van der Waals surface area contributed by atoms with Crippen LogP contribution >= 0.6 is 34.8 Å². The van der Waals surface area contributed by atoms with Crippen LogP contribution in [0.1, 0.15) is 0 Å². The normalized spacial score (nSPS) is 10.3. The van der Waals surface area contributed by atoms with Gasteiger partial charge in [-0.15, -0.1) is 0 Å². The standard InChI is InChI=1S/C12H8Cl3NO/c13-7-5-6-10(12(15)11(7)14)17-9-4-2-1-3-8(9)16/h1-6H,16H2. The minimum Gasteiger partial charge on any atom is -0.454 e. The highest BCUT2D eigenvalue weighted by molar-refractivity contribution is 6.48. The molecule has 0 aliphatic rings. The molecule has 0 heterocycles. The van der Waals surface area contributed by atoms with Gasteiger partial charge in [0, 0.05) is 0 Å². The van der Waals surface area contributed by atoms with E-state index in [1.54, 1.807) is 24.3 Å². The molecule has 0 bridgehead atoms. The van der Waals surface area contributed by atoms with Crippen LogP contribution in [0.4, 0.5) is 5.69 Å². The molecule has 5 heteroatoms. The Hall–Kier alpha value is -1.09. The maximum Gasteiger partial charge on any atom is 0.150 e. The molecule has 2 aromatic rings. The lowest BCUT2D eigenvalue weighted by molar-refractivity contribution is 0.485. The molecule has 0 saturated carbocycles. The molecule has 0 radical (unpaired) electrons. The summed E-state index contributed by atoms with van der Waals surface area (Å²) < 4.78 is 5.58. The van der Waals surface area contributed by atoms with Crippen molar-refractivity contribution in [1.29, 1.82) is 0 Å². The van der Waals surface area contributed by atoms with Crippen LogP contribution in [-0.4, -0.2) is 0 Å². The van der Waals surface area contributed by atoms with Crippen LogP contribution in [0.5, 0.6) is 11.5 Å². The van der Waals surface area contributed by atoms with Gasteiger partial charge in [0.15, 0.2) is 0 Å². The summed E-state index contributed by atoms with van der Waals surface area (Å²) in [4.78, 5) is 0. The van der Waals surface area contributed by atoms with Gasteiger partial charge in [-0.1, -0.05) is 46.9 Å². The quantitative estimate of drug-likeness (QED) is 0.622. The van der Waals surface area contributed by atoms with E-state index in [9.17, 15) is 0 Å². The van der Waals surface area contributed by atoms with Crippen LogP contribution in [0.25, 0.3) is 0 Å². The molecule has 0 spiro atoms. The first-order valence-corrected chi connectivity index (χ1v) is 5.89. The Morgan fingerprint density at radius 1 is 0.824 bits per heavy atom. The number of nitrogens with two attached hydrogens (primary N) is 1. The van der Waals surface area contributed by atoms with Crippen LogP contribution in [0.2, 0.25) is 15.1 Å². The molecule has 0 aliphatic carbocycles. The van der Waals surface area contributed by atoms with E-state index >= 15 is 0 Å². The van der Waals surface area contributed by atoms with Crippen molar-refractivity contribution >= 4 is 40.5 Å². The Morgan fingerprint density at radius 3 is 2.24 bits per heavy atom. The predicted molar refractivity (Wildman–Crippen MR) is 72.4 cm³/mol. The Bertz CT molecular complexity index is 557. The predicted octanol–water partition coefficient (Wildman–Crippen LogP) is 5.02. The van der Waals surface area contributed by atoms with E-state index in [-0.39, 0.29) is 10.0 Å². The summed E-state index contributed by atoms with van der Waals surface area (Å²) in [6, 6.07) is 10.4. The van der Waals surface area contributed by atoms with Crippen molar-refractivity contribution in [3.8, 4) is 11.5 Å². The maximum atomic E-state index is 6.02. The number of nitrogen functional groups attached to an aromatic ring is 1. The summed E-state index contributed by atoms with van der Waals surface area (Å²) in [6.45, 7) is 0. The van der Waals surface area contributed by atoms with Crippen LogP contribution < -0.4 is 10.5 Å². The number of anilines is 1. The second kappa shape index (κ2) is 5.05. The summed E-state index contributed by atoms with van der Waals surface area (Å²) in [5.74, 6) is 0.937. The minimum absolute atomic E-state index is 0.264. The van der Waals surface area contributed by atoms with Crippen LogP contribution in [0.15, 0.2) is 36.4 Å². The Kier molecular flexibility index (Phi) is 3.67. The van der Waals surface area contributed by atoms with E-state index in [0.717, 1.165) is 0 Å². The zero-order chi connectivity index (χ0) is 12.4. The van der Waals surface area contributed by atoms with Crippen molar-refractivity contribution in [3.63, 3.8) is 0 Å². The molecule has 0 unspecified atom stereocenters. The number of benzene rings is 2. The molecule has 2 nitrogen and oxygen atoms in total. The van der Waals surface area contributed by atoms with Crippen molar-refractivity contribution in [3.05, 3.63) is 51.5 Å². The highest BCUT2D eigenvalue weighted by Crippen LogP contribution is 2.39. The van der Waals surface area contributed by atoms with Gasteiger partial charge in [0.25, 0.3) is 0 Å². The van der Waals surface area contributed by atoms with Crippen molar-refractivity contribution in [2.45, 2.75) is 0 Å². The third-order valence-corrected chi connectivity index (χ3v) is 3.41. The molecule has 0 saturated heterocycles. The molecular formula is C12H8Cl3NO. The maximum absolute atomic E-state index is 6.02. The lowest BCUT2D eigenvalue weighted by Crippen LogP contribution is -1.92. The number of ether oxygens (including phenoxy) is 1. The molecule has 2 N–H and O–H groups in total. The number of hydrogen-bond acceptors (Lipinski definition) is 2. The van der Waals surface area contributed by atoms with Crippen molar-refractivity contribution < 1.29 is 4.74 Å². The third-order valence-electron chi connectivity index (χ3n) is 2.14. The van der Waals surface area contributed by atoms with E-state index in [0.29, 0.717) is 22.2 Å². The van der Waals surface area contributed by atoms with Gasteiger partial charge < -0.3 is 10.5 Å². The monoisotopic (exact) mass is 287 g/mol. The molecule has 0 amide bonds. The first-order valence-electron chi connectivity index (χ1n) is 4.75. The summed E-state index contributed by atoms with van der Waals surface area (Å²) in [5, 5.41) is 0.910. The minimum atomic E-state index is 0.264. The molecule has 88 valence electrons. The van der Waals surface area contributed by atoms with Crippen LogP contribution in [0.3, 0.4) is 0 Å². The fourth-order valence-electron chi connectivity index (χ4n) is 1.28. The molecule has 17 heavy (non-hydrogen) atoms. The zero-order valence-electron chi connectivity index (χ0n) is 8.58. The average molecular weight is 289 g/mol. The van der Waals surface area contributed by atoms with E-state index in [4.69, 9.17) is 45.3 Å². The largest absolute Gasteiger partial charge is 0.454 e. The molecule has 2 aromatic carbocycles. The van der Waals surface area contributed by atoms with Crippen molar-refractivity contribution in [2.75, 3.05) is 5.73 Å². The third kappa shape index (κ3) is 2.60. The van der Waals surface area contributed by atoms with Gasteiger partial charge in [-0.05, 0) is 24.3 Å². The molecule has 0 atom stereocenters. The number of halogens is 3. The van der Waals surface area contributed by atoms with Gasteiger partial charge in [0.05, 0.1) is 15.7 Å². The summed E-state index contributed by atoms with van der Waals surface area (Å²) in [6.07, 6.45) is 0. The van der Waals surface area contributed by atoms with Gasteiger partial charge >= 0.3 is 0 Å². The Labute approximate surface area is 114 Å². The SMILES string of the molecule is Nc1ccccc1Oc1ccc(Cl)c(Cl)c1Cl. The van der Waals surface area contributed by atoms with Crippen molar-refractivity contribution in [1.82, 2.24) is 0 Å². The average Bonchev–Trinajstić information content (AvgIpc) is 2.32. The van der Waals surface area contributed by atoms with Gasteiger partial charge in [-0.25, -0.2) is 0 Å². The number of para-hydroxylation sites is 2. The fraction of sp³-hybridized carbons (Fsp3) is 0. The van der Waals surface area contributed by atoms with Crippen LogP contribution in [0, 0.1) is 0 Å². The van der Waals surface area contributed by atoms with Gasteiger partial charge in [-0.3, -0.25) is 0 Å². The van der Waals surface area contributed by atoms with E-state index < -0.39 is 0 Å². The number of hydrogen-bond donors (Lipinski definition) is 1. The lowest BCUT2D eigenvalue weighted by Gasteiger charge is -2.10. The fourth-order valence-corrected chi connectivity index (χ4v) is 1.84. The van der Waals surface area contributed by atoms with E-state index in [2.05, 4.69) is 0 Å².